The van der Waals surface area contributed by atoms with Gasteiger partial charge in [0.15, 0.2) is 10.9 Å². The van der Waals surface area contributed by atoms with E-state index in [2.05, 4.69) is 24.1 Å². The summed E-state index contributed by atoms with van der Waals surface area (Å²) < 4.78 is 5.86. The van der Waals surface area contributed by atoms with Crippen molar-refractivity contribution in [2.45, 2.75) is 26.7 Å². The Hall–Kier alpha value is -2.99. The molecule has 0 saturated carbocycles. The van der Waals surface area contributed by atoms with E-state index in [0.717, 1.165) is 12.1 Å². The minimum Gasteiger partial charge on any atom is -0.457 e. The molecule has 0 radical (unpaired) electrons. The third kappa shape index (κ3) is 3.82. The maximum Gasteiger partial charge on any atom is 0.261 e. The highest BCUT2D eigenvalue weighted by Gasteiger charge is 2.34. The number of thiazole rings is 1. The van der Waals surface area contributed by atoms with Gasteiger partial charge in [-0.2, -0.15) is 0 Å². The van der Waals surface area contributed by atoms with Crippen molar-refractivity contribution >= 4 is 28.2 Å². The Morgan fingerprint density at radius 1 is 1.07 bits per heavy atom. The molecule has 1 amide bonds. The summed E-state index contributed by atoms with van der Waals surface area (Å²) in [5, 5.41) is 3.27. The topological polar surface area (TPSA) is 68.3 Å². The number of carbonyl (C=O) groups excluding carboxylic acids is 2. The van der Waals surface area contributed by atoms with Gasteiger partial charge in [0.1, 0.15) is 11.5 Å². The van der Waals surface area contributed by atoms with Gasteiger partial charge in [-0.05, 0) is 36.1 Å². The molecule has 28 heavy (non-hydrogen) atoms. The summed E-state index contributed by atoms with van der Waals surface area (Å²) in [5.41, 5.74) is 1.08. The molecular formula is C22H20N2O3S. The van der Waals surface area contributed by atoms with Gasteiger partial charge in [0.05, 0.1) is 16.1 Å². The van der Waals surface area contributed by atoms with Crippen LogP contribution < -0.4 is 10.1 Å². The third-order valence-corrected chi connectivity index (χ3v) is 5.61. The van der Waals surface area contributed by atoms with Crippen LogP contribution in [0.25, 0.3) is 0 Å². The zero-order chi connectivity index (χ0) is 19.7. The van der Waals surface area contributed by atoms with Gasteiger partial charge in [-0.1, -0.05) is 55.5 Å². The Morgan fingerprint density at radius 2 is 1.79 bits per heavy atom. The first-order valence-electron chi connectivity index (χ1n) is 9.07. The standard InChI is InChI=1S/C22H20N2O3S/c1-22(2)12-16-19(17(25)13-22)28-21(23-16)24-20(26)15-10-6-7-11-18(15)27-14-8-4-3-5-9-14/h3-11H,12-13H2,1-2H3,(H,23,24,26). The van der Waals surface area contributed by atoms with Crippen molar-refractivity contribution in [1.29, 1.82) is 0 Å². The van der Waals surface area contributed by atoms with Crippen molar-refractivity contribution in [3.05, 3.63) is 70.7 Å². The van der Waals surface area contributed by atoms with Crippen LogP contribution in [0.3, 0.4) is 0 Å². The van der Waals surface area contributed by atoms with Crippen molar-refractivity contribution in [3.8, 4) is 11.5 Å². The molecular weight excluding hydrogens is 372 g/mol. The van der Waals surface area contributed by atoms with Crippen LogP contribution in [0.1, 0.15) is 46.0 Å². The Bertz CT molecular complexity index is 1040. The van der Waals surface area contributed by atoms with E-state index in [9.17, 15) is 9.59 Å². The second-order valence-electron chi connectivity index (χ2n) is 7.60. The van der Waals surface area contributed by atoms with E-state index in [1.54, 1.807) is 18.2 Å². The second kappa shape index (κ2) is 7.20. The number of hydrogen-bond donors (Lipinski definition) is 1. The lowest BCUT2D eigenvalue weighted by molar-refractivity contribution is 0.0915. The highest BCUT2D eigenvalue weighted by atomic mass is 32.1. The number of nitrogens with zero attached hydrogens (tertiary/aromatic N) is 1. The SMILES string of the molecule is CC1(C)CC(=O)c2sc(NC(=O)c3ccccc3Oc3ccccc3)nc2C1. The third-order valence-electron chi connectivity index (χ3n) is 4.56. The number of carbonyl (C=O) groups is 2. The molecule has 0 spiro atoms. The average Bonchev–Trinajstić information content (AvgIpc) is 3.04. The van der Waals surface area contributed by atoms with Crippen LogP contribution in [0, 0.1) is 5.41 Å². The molecule has 1 aliphatic carbocycles. The smallest absolute Gasteiger partial charge is 0.261 e. The molecule has 1 N–H and O–H groups in total. The molecule has 0 saturated heterocycles. The number of fused-ring (bicyclic) bond motifs is 1. The molecule has 4 rings (SSSR count). The number of ether oxygens (including phenoxy) is 1. The molecule has 1 aromatic heterocycles. The Kier molecular flexibility index (Phi) is 4.73. The summed E-state index contributed by atoms with van der Waals surface area (Å²) in [6.07, 6.45) is 1.23. The van der Waals surface area contributed by atoms with Gasteiger partial charge in [0.25, 0.3) is 5.91 Å². The van der Waals surface area contributed by atoms with E-state index < -0.39 is 0 Å². The number of amides is 1. The average molecular weight is 392 g/mol. The number of hydrogen-bond acceptors (Lipinski definition) is 5. The lowest BCUT2D eigenvalue weighted by Crippen LogP contribution is -2.26. The predicted octanol–water partition coefficient (Wildman–Crippen LogP) is 5.34. The quantitative estimate of drug-likeness (QED) is 0.650. The van der Waals surface area contributed by atoms with E-state index >= 15 is 0 Å². The fourth-order valence-corrected chi connectivity index (χ4v) is 4.21. The lowest BCUT2D eigenvalue weighted by atomic mass is 9.78. The summed E-state index contributed by atoms with van der Waals surface area (Å²) >= 11 is 1.24. The van der Waals surface area contributed by atoms with E-state index in [0.29, 0.717) is 33.5 Å². The summed E-state index contributed by atoms with van der Waals surface area (Å²) in [6, 6.07) is 16.4. The number of benzene rings is 2. The van der Waals surface area contributed by atoms with Crippen molar-refractivity contribution in [2.75, 3.05) is 5.32 Å². The molecule has 0 unspecified atom stereocenters. The Labute approximate surface area is 167 Å². The van der Waals surface area contributed by atoms with Gasteiger partial charge in [0.2, 0.25) is 0 Å². The van der Waals surface area contributed by atoms with Crippen molar-refractivity contribution < 1.29 is 14.3 Å². The van der Waals surface area contributed by atoms with Crippen molar-refractivity contribution in [1.82, 2.24) is 4.98 Å². The zero-order valence-electron chi connectivity index (χ0n) is 15.7. The zero-order valence-corrected chi connectivity index (χ0v) is 16.5. The summed E-state index contributed by atoms with van der Waals surface area (Å²) in [4.78, 5) is 30.4. The molecule has 1 aliphatic rings. The summed E-state index contributed by atoms with van der Waals surface area (Å²) in [6.45, 7) is 4.12. The van der Waals surface area contributed by atoms with Crippen molar-refractivity contribution in [3.63, 3.8) is 0 Å². The Morgan fingerprint density at radius 3 is 2.57 bits per heavy atom. The number of rotatable bonds is 4. The van der Waals surface area contributed by atoms with Crippen molar-refractivity contribution in [2.24, 2.45) is 5.41 Å². The van der Waals surface area contributed by atoms with Gasteiger partial charge >= 0.3 is 0 Å². The first-order valence-corrected chi connectivity index (χ1v) is 9.89. The number of anilines is 1. The van der Waals surface area contributed by atoms with Crippen LogP contribution in [0.5, 0.6) is 11.5 Å². The normalized spacial score (nSPS) is 15.0. The van der Waals surface area contributed by atoms with E-state index in [1.165, 1.54) is 11.3 Å². The fourth-order valence-electron chi connectivity index (χ4n) is 3.30. The highest BCUT2D eigenvalue weighted by Crippen LogP contribution is 2.38. The molecule has 5 nitrogen and oxygen atoms in total. The Balaban J connectivity index is 1.56. The van der Waals surface area contributed by atoms with E-state index in [1.807, 2.05) is 36.4 Å². The van der Waals surface area contributed by atoms with Gasteiger partial charge in [-0.25, -0.2) is 4.98 Å². The molecule has 0 atom stereocenters. The van der Waals surface area contributed by atoms with Crippen LogP contribution in [0.15, 0.2) is 54.6 Å². The fraction of sp³-hybridized carbons (Fsp3) is 0.227. The largest absolute Gasteiger partial charge is 0.457 e. The minimum absolute atomic E-state index is 0.0945. The number of Topliss-reactive ketones (excluding diaryl/α,β-unsaturated/α-hetero) is 1. The van der Waals surface area contributed by atoms with Crippen LogP contribution in [-0.2, 0) is 6.42 Å². The van der Waals surface area contributed by atoms with Crippen LogP contribution in [0.4, 0.5) is 5.13 Å². The van der Waals surface area contributed by atoms with Gasteiger partial charge in [-0.15, -0.1) is 0 Å². The predicted molar refractivity (Wildman–Crippen MR) is 109 cm³/mol. The van der Waals surface area contributed by atoms with Gasteiger partial charge in [0, 0.05) is 6.42 Å². The van der Waals surface area contributed by atoms with E-state index in [-0.39, 0.29) is 17.1 Å². The molecule has 1 heterocycles. The minimum atomic E-state index is -0.315. The van der Waals surface area contributed by atoms with Crippen LogP contribution in [-0.4, -0.2) is 16.7 Å². The first-order chi connectivity index (χ1) is 13.4. The molecule has 0 bridgehead atoms. The number of nitrogens with one attached hydrogen (secondary N) is 1. The second-order valence-corrected chi connectivity index (χ2v) is 8.60. The van der Waals surface area contributed by atoms with Crippen LogP contribution in [0.2, 0.25) is 0 Å². The molecule has 0 fully saturated rings. The molecule has 3 aromatic rings. The highest BCUT2D eigenvalue weighted by molar-refractivity contribution is 7.17. The molecule has 2 aromatic carbocycles. The maximum absolute atomic E-state index is 12.8. The lowest BCUT2D eigenvalue weighted by Gasteiger charge is -2.26. The monoisotopic (exact) mass is 392 g/mol. The summed E-state index contributed by atoms with van der Waals surface area (Å²) in [5.74, 6) is 0.895. The molecule has 6 heteroatoms. The first kappa shape index (κ1) is 18.4. The van der Waals surface area contributed by atoms with Crippen LogP contribution >= 0.6 is 11.3 Å². The molecule has 142 valence electrons. The number of ketones is 1. The molecule has 0 aliphatic heterocycles. The number of aromatic nitrogens is 1. The van der Waals surface area contributed by atoms with Gasteiger partial charge in [-0.3, -0.25) is 14.9 Å². The summed E-state index contributed by atoms with van der Waals surface area (Å²) in [7, 11) is 0. The van der Waals surface area contributed by atoms with E-state index in [4.69, 9.17) is 4.74 Å². The maximum atomic E-state index is 12.8. The van der Waals surface area contributed by atoms with Gasteiger partial charge < -0.3 is 4.74 Å². The number of para-hydroxylation sites is 2.